The van der Waals surface area contributed by atoms with Crippen molar-refractivity contribution in [2.45, 2.75) is 6.92 Å². The molecule has 1 aliphatic rings. The number of nitrogens with zero attached hydrogens (tertiary/aromatic N) is 5. The Hall–Kier alpha value is -4.37. The van der Waals surface area contributed by atoms with Gasteiger partial charge in [0.1, 0.15) is 5.82 Å². The molecule has 1 fully saturated rings. The smallest absolute Gasteiger partial charge is 0.248 e. The van der Waals surface area contributed by atoms with Gasteiger partial charge < -0.3 is 20.3 Å². The van der Waals surface area contributed by atoms with Crippen molar-refractivity contribution in [3.63, 3.8) is 0 Å². The molecule has 1 aromatic carbocycles. The number of fused-ring (bicyclic) bond motifs is 1. The van der Waals surface area contributed by atoms with Crippen LogP contribution < -0.4 is 15.5 Å². The summed E-state index contributed by atoms with van der Waals surface area (Å²) in [4.78, 5) is 32.5. The first-order valence-electron chi connectivity index (χ1n) is 11.4. The molecule has 4 heterocycles. The summed E-state index contributed by atoms with van der Waals surface area (Å²) < 4.78 is 5.41. The second-order valence-corrected chi connectivity index (χ2v) is 7.99. The highest BCUT2D eigenvalue weighted by Crippen LogP contribution is 2.28. The van der Waals surface area contributed by atoms with Crippen LogP contribution in [0.15, 0.2) is 73.2 Å². The lowest BCUT2D eigenvalue weighted by atomic mass is 10.1. The van der Waals surface area contributed by atoms with Crippen LogP contribution in [0, 0.1) is 0 Å². The van der Waals surface area contributed by atoms with Gasteiger partial charge in [0, 0.05) is 42.1 Å². The van der Waals surface area contributed by atoms with Gasteiger partial charge in [-0.3, -0.25) is 9.78 Å². The number of carbonyl (C=O) groups excluding carboxylic acids is 1. The predicted molar refractivity (Wildman–Crippen MR) is 137 cm³/mol. The van der Waals surface area contributed by atoms with Gasteiger partial charge in [0.15, 0.2) is 0 Å². The zero-order chi connectivity index (χ0) is 24.0. The SMILES string of the molecule is CC=CC(=O)Nc1ccnc(-c2cccc3cnc(Nc4ccc(N5CCOCC5)nc4)nc23)c1. The summed E-state index contributed by atoms with van der Waals surface area (Å²) in [7, 11) is 0. The Bertz CT molecular complexity index is 1370. The summed E-state index contributed by atoms with van der Waals surface area (Å²) in [6.45, 7) is 4.91. The maximum absolute atomic E-state index is 11.9. The summed E-state index contributed by atoms with van der Waals surface area (Å²) in [6.07, 6.45) is 8.40. The van der Waals surface area contributed by atoms with Crippen molar-refractivity contribution < 1.29 is 9.53 Å². The van der Waals surface area contributed by atoms with E-state index in [2.05, 4.69) is 30.5 Å². The molecule has 3 aromatic heterocycles. The summed E-state index contributed by atoms with van der Waals surface area (Å²) in [5, 5.41) is 6.98. The van der Waals surface area contributed by atoms with E-state index in [1.807, 2.05) is 36.4 Å². The van der Waals surface area contributed by atoms with Crippen molar-refractivity contribution >= 4 is 40.0 Å². The van der Waals surface area contributed by atoms with Gasteiger partial charge in [-0.05, 0) is 37.3 Å². The molecule has 0 unspecified atom stereocenters. The summed E-state index contributed by atoms with van der Waals surface area (Å²) in [5.41, 5.74) is 3.76. The Labute approximate surface area is 202 Å². The maximum atomic E-state index is 11.9. The quantitative estimate of drug-likeness (QED) is 0.407. The van der Waals surface area contributed by atoms with Crippen LogP contribution in [0.4, 0.5) is 23.1 Å². The Kier molecular flexibility index (Phi) is 6.58. The molecule has 1 aliphatic heterocycles. The summed E-state index contributed by atoms with van der Waals surface area (Å²) in [6, 6.07) is 13.4. The highest BCUT2D eigenvalue weighted by Gasteiger charge is 2.13. The van der Waals surface area contributed by atoms with E-state index >= 15 is 0 Å². The minimum Gasteiger partial charge on any atom is -0.378 e. The fraction of sp³-hybridized carbons (Fsp3) is 0.192. The van der Waals surface area contributed by atoms with E-state index in [9.17, 15) is 4.79 Å². The summed E-state index contributed by atoms with van der Waals surface area (Å²) >= 11 is 0. The Morgan fingerprint density at radius 1 is 1.03 bits per heavy atom. The third kappa shape index (κ3) is 5.25. The maximum Gasteiger partial charge on any atom is 0.248 e. The number of carbonyl (C=O) groups is 1. The molecule has 5 rings (SSSR count). The van der Waals surface area contributed by atoms with E-state index in [1.165, 1.54) is 6.08 Å². The van der Waals surface area contributed by atoms with Crippen molar-refractivity contribution in [3.05, 3.63) is 73.2 Å². The number of rotatable bonds is 6. The zero-order valence-corrected chi connectivity index (χ0v) is 19.3. The molecule has 1 amide bonds. The van der Waals surface area contributed by atoms with E-state index in [1.54, 1.807) is 37.7 Å². The molecular formula is C26H25N7O2. The van der Waals surface area contributed by atoms with Crippen LogP contribution in [0.25, 0.3) is 22.2 Å². The van der Waals surface area contributed by atoms with E-state index < -0.39 is 0 Å². The lowest BCUT2D eigenvalue weighted by molar-refractivity contribution is -0.111. The van der Waals surface area contributed by atoms with E-state index in [0.717, 1.165) is 54.3 Å². The molecule has 9 nitrogen and oxygen atoms in total. The van der Waals surface area contributed by atoms with Gasteiger partial charge in [0.05, 0.1) is 36.3 Å². The van der Waals surface area contributed by atoms with Crippen molar-refractivity contribution in [2.75, 3.05) is 41.8 Å². The molecule has 9 heteroatoms. The number of hydrogen-bond acceptors (Lipinski definition) is 8. The number of amides is 1. The van der Waals surface area contributed by atoms with Crippen LogP contribution >= 0.6 is 0 Å². The first-order chi connectivity index (χ1) is 17.2. The number of benzene rings is 1. The number of nitrogens with one attached hydrogen (secondary N) is 2. The first-order valence-corrected chi connectivity index (χ1v) is 11.4. The number of anilines is 4. The number of pyridine rings is 2. The summed E-state index contributed by atoms with van der Waals surface area (Å²) in [5.74, 6) is 1.20. The number of morpholine rings is 1. The average molecular weight is 468 g/mol. The highest BCUT2D eigenvalue weighted by atomic mass is 16.5. The van der Waals surface area contributed by atoms with Gasteiger partial charge in [0.2, 0.25) is 11.9 Å². The van der Waals surface area contributed by atoms with Crippen LogP contribution in [0.5, 0.6) is 0 Å². The van der Waals surface area contributed by atoms with Gasteiger partial charge in [-0.15, -0.1) is 0 Å². The van der Waals surface area contributed by atoms with E-state index in [4.69, 9.17) is 9.72 Å². The molecule has 0 atom stereocenters. The molecule has 4 aromatic rings. The van der Waals surface area contributed by atoms with Gasteiger partial charge in [-0.2, -0.15) is 0 Å². The fourth-order valence-corrected chi connectivity index (χ4v) is 3.88. The van der Waals surface area contributed by atoms with Gasteiger partial charge in [-0.1, -0.05) is 24.3 Å². The first kappa shape index (κ1) is 22.4. The lowest BCUT2D eigenvalue weighted by Crippen LogP contribution is -2.36. The minimum absolute atomic E-state index is 0.190. The van der Waals surface area contributed by atoms with Crippen molar-refractivity contribution in [2.24, 2.45) is 0 Å². The molecule has 0 radical (unpaired) electrons. The van der Waals surface area contributed by atoms with Crippen molar-refractivity contribution in [1.82, 2.24) is 19.9 Å². The van der Waals surface area contributed by atoms with E-state index in [-0.39, 0.29) is 5.91 Å². The monoisotopic (exact) mass is 467 g/mol. The number of ether oxygens (including phenoxy) is 1. The Balaban J connectivity index is 1.40. The molecule has 2 N–H and O–H groups in total. The fourth-order valence-electron chi connectivity index (χ4n) is 3.88. The largest absolute Gasteiger partial charge is 0.378 e. The number of hydrogen-bond donors (Lipinski definition) is 2. The highest BCUT2D eigenvalue weighted by molar-refractivity contribution is 6.00. The van der Waals surface area contributed by atoms with Gasteiger partial charge >= 0.3 is 0 Å². The van der Waals surface area contributed by atoms with Crippen LogP contribution in [-0.4, -0.2) is 52.1 Å². The second kappa shape index (κ2) is 10.3. The van der Waals surface area contributed by atoms with Gasteiger partial charge in [-0.25, -0.2) is 15.0 Å². The van der Waals surface area contributed by atoms with Gasteiger partial charge in [0.25, 0.3) is 0 Å². The molecule has 176 valence electrons. The Morgan fingerprint density at radius 2 is 1.91 bits per heavy atom. The molecule has 35 heavy (non-hydrogen) atoms. The minimum atomic E-state index is -0.190. The van der Waals surface area contributed by atoms with Crippen LogP contribution in [0.2, 0.25) is 0 Å². The molecule has 0 bridgehead atoms. The average Bonchev–Trinajstić information content (AvgIpc) is 2.89. The topological polar surface area (TPSA) is 105 Å². The normalized spacial score (nSPS) is 13.8. The predicted octanol–water partition coefficient (Wildman–Crippen LogP) is 4.18. The van der Waals surface area contributed by atoms with Crippen molar-refractivity contribution in [1.29, 1.82) is 0 Å². The Morgan fingerprint density at radius 3 is 2.71 bits per heavy atom. The molecule has 0 aliphatic carbocycles. The van der Waals surface area contributed by atoms with Crippen LogP contribution in [-0.2, 0) is 9.53 Å². The molecule has 0 spiro atoms. The zero-order valence-electron chi connectivity index (χ0n) is 19.3. The van der Waals surface area contributed by atoms with Crippen molar-refractivity contribution in [3.8, 4) is 11.3 Å². The molecular weight excluding hydrogens is 442 g/mol. The third-order valence-electron chi connectivity index (χ3n) is 5.57. The molecule has 0 saturated carbocycles. The number of allylic oxidation sites excluding steroid dienone is 1. The third-order valence-corrected chi connectivity index (χ3v) is 5.57. The van der Waals surface area contributed by atoms with E-state index in [0.29, 0.717) is 17.3 Å². The number of aromatic nitrogens is 4. The standard InChI is InChI=1S/C26H25N7O2/c1-2-4-24(34)30-19-9-10-27-22(15-19)21-6-3-5-18-16-29-26(32-25(18)21)31-20-7-8-23(28-17-20)33-11-13-35-14-12-33/h2-10,15-17H,11-14H2,1H3,(H,27,30,34)(H,29,31,32). The molecule has 1 saturated heterocycles. The van der Waals surface area contributed by atoms with Crippen LogP contribution in [0.1, 0.15) is 6.92 Å². The van der Waals surface area contributed by atoms with Crippen LogP contribution in [0.3, 0.4) is 0 Å². The number of para-hydroxylation sites is 1. The lowest BCUT2D eigenvalue weighted by Gasteiger charge is -2.27. The second-order valence-electron chi connectivity index (χ2n) is 7.99.